The van der Waals surface area contributed by atoms with E-state index in [-0.39, 0.29) is 12.0 Å². The first-order valence-electron chi connectivity index (χ1n) is 11.7. The molecule has 2 aliphatic rings. The number of nitrogens with zero attached hydrogens (tertiary/aromatic N) is 1. The van der Waals surface area contributed by atoms with Crippen LogP contribution in [0, 0.1) is 5.92 Å². The number of hydrogen-bond donors (Lipinski definition) is 2. The number of fused-ring (bicyclic) bond motifs is 4. The highest BCUT2D eigenvalue weighted by Crippen LogP contribution is 2.51. The van der Waals surface area contributed by atoms with Crippen molar-refractivity contribution in [1.82, 2.24) is 9.29 Å². The van der Waals surface area contributed by atoms with Crippen molar-refractivity contribution in [3.8, 4) is 0 Å². The van der Waals surface area contributed by atoms with Crippen molar-refractivity contribution in [3.63, 3.8) is 0 Å². The van der Waals surface area contributed by atoms with E-state index in [1.54, 1.807) is 10.4 Å². The van der Waals surface area contributed by atoms with Crippen LogP contribution in [0.1, 0.15) is 56.2 Å². The lowest BCUT2D eigenvalue weighted by atomic mass is 9.77. The van der Waals surface area contributed by atoms with Gasteiger partial charge in [0.25, 0.3) is 0 Å². The Balaban J connectivity index is 1.54. The summed E-state index contributed by atoms with van der Waals surface area (Å²) in [4.78, 5) is 3.82. The normalized spacial score (nSPS) is 22.2. The van der Waals surface area contributed by atoms with Gasteiger partial charge in [-0.3, -0.25) is 0 Å². The molecule has 2 N–H and O–H groups in total. The summed E-state index contributed by atoms with van der Waals surface area (Å²) >= 11 is 0. The molecule has 3 atom stereocenters. The lowest BCUT2D eigenvalue weighted by Gasteiger charge is -2.37. The fraction of sp³-hybridized carbons (Fsp3) is 0.385. The zero-order valence-electron chi connectivity index (χ0n) is 18.7. The summed E-state index contributed by atoms with van der Waals surface area (Å²) in [7, 11) is -3.50. The summed E-state index contributed by atoms with van der Waals surface area (Å²) in [6.07, 6.45) is 9.23. The van der Waals surface area contributed by atoms with Crippen LogP contribution in [0.15, 0.2) is 65.7 Å². The summed E-state index contributed by atoms with van der Waals surface area (Å²) in [5, 5.41) is 5.00. The molecule has 0 saturated carbocycles. The number of para-hydroxylation sites is 1. The number of allylic oxidation sites excluding steroid dienone is 2. The van der Waals surface area contributed by atoms with Crippen LogP contribution in [0.3, 0.4) is 0 Å². The summed E-state index contributed by atoms with van der Waals surface area (Å²) in [6.45, 7) is 5.15. The van der Waals surface area contributed by atoms with Gasteiger partial charge in [-0.25, -0.2) is 8.42 Å². The first kappa shape index (κ1) is 21.3. The predicted octanol–water partition coefficient (Wildman–Crippen LogP) is 5.81. The topological polar surface area (TPSA) is 65.2 Å². The third kappa shape index (κ3) is 3.46. The van der Waals surface area contributed by atoms with Gasteiger partial charge < -0.3 is 10.3 Å². The van der Waals surface area contributed by atoms with Crippen LogP contribution in [0.5, 0.6) is 0 Å². The van der Waals surface area contributed by atoms with Gasteiger partial charge in [-0.2, -0.15) is 4.31 Å². The molecule has 0 spiro atoms. The molecular formula is C26H31N3O2S. The first-order chi connectivity index (χ1) is 15.5. The molecule has 5 rings (SSSR count). The lowest BCUT2D eigenvalue weighted by molar-refractivity contribution is 0.409. The third-order valence-corrected chi connectivity index (χ3v) is 8.77. The number of H-pyrrole nitrogens is 1. The molecular weight excluding hydrogens is 418 g/mol. The standard InChI is InChI=1S/C26H31N3O2S/c1-3-14-29(15-4-2)32(30,31)18-12-13-25-22(16-18)19-9-7-10-21(19)26(28-25)23-17-27-24-11-6-5-8-20(23)24/h5-9,11-13,16-17,19,21,26-28H,3-4,10,14-15H2,1-2H3. The number of benzene rings is 2. The smallest absolute Gasteiger partial charge is 0.243 e. The maximum atomic E-state index is 13.4. The number of aromatic amines is 1. The van der Waals surface area contributed by atoms with E-state index in [0.717, 1.165) is 36.0 Å². The fourth-order valence-corrected chi connectivity index (χ4v) is 7.05. The zero-order chi connectivity index (χ0) is 22.3. The molecule has 168 valence electrons. The third-order valence-electron chi connectivity index (χ3n) is 6.87. The van der Waals surface area contributed by atoms with Crippen LogP contribution >= 0.6 is 0 Å². The minimum Gasteiger partial charge on any atom is -0.378 e. The lowest BCUT2D eigenvalue weighted by Crippen LogP contribution is -2.33. The largest absolute Gasteiger partial charge is 0.378 e. The summed E-state index contributed by atoms with van der Waals surface area (Å²) in [6, 6.07) is 14.2. The quantitative estimate of drug-likeness (QED) is 0.448. The average molecular weight is 450 g/mol. The van der Waals surface area contributed by atoms with E-state index in [4.69, 9.17) is 0 Å². The van der Waals surface area contributed by atoms with E-state index < -0.39 is 10.0 Å². The molecule has 1 aliphatic carbocycles. The van der Waals surface area contributed by atoms with Gasteiger partial charge in [0.1, 0.15) is 0 Å². The highest BCUT2D eigenvalue weighted by molar-refractivity contribution is 7.89. The first-order valence-corrected chi connectivity index (χ1v) is 13.1. The minimum atomic E-state index is -3.50. The van der Waals surface area contributed by atoms with Crippen LogP contribution in [0.25, 0.3) is 10.9 Å². The SMILES string of the molecule is CCCN(CCC)S(=O)(=O)c1ccc2c(c1)C1C=CCC1C(c1c[nH]c3ccccc13)N2. The highest BCUT2D eigenvalue weighted by Gasteiger charge is 2.39. The Bertz CT molecular complexity index is 1260. The summed E-state index contributed by atoms with van der Waals surface area (Å²) in [5.74, 6) is 0.577. The maximum Gasteiger partial charge on any atom is 0.243 e. The molecule has 3 unspecified atom stereocenters. The molecule has 6 heteroatoms. The molecule has 2 aromatic carbocycles. The van der Waals surface area contributed by atoms with Crippen molar-refractivity contribution in [2.75, 3.05) is 18.4 Å². The number of nitrogens with one attached hydrogen (secondary N) is 2. The number of anilines is 1. The molecule has 2 heterocycles. The molecule has 1 aromatic heterocycles. The fourth-order valence-electron chi connectivity index (χ4n) is 5.39. The van der Waals surface area contributed by atoms with Crippen molar-refractivity contribution in [1.29, 1.82) is 0 Å². The summed E-state index contributed by atoms with van der Waals surface area (Å²) in [5.41, 5.74) is 4.54. The van der Waals surface area contributed by atoms with Crippen molar-refractivity contribution in [3.05, 3.63) is 71.9 Å². The Hall–Kier alpha value is -2.57. The highest BCUT2D eigenvalue weighted by atomic mass is 32.2. The average Bonchev–Trinajstić information content (AvgIpc) is 3.46. The number of sulfonamides is 1. The van der Waals surface area contributed by atoms with Gasteiger partial charge in [-0.05, 0) is 60.6 Å². The van der Waals surface area contributed by atoms with Crippen molar-refractivity contribution in [2.24, 2.45) is 5.92 Å². The van der Waals surface area contributed by atoms with Gasteiger partial charge in [0.15, 0.2) is 0 Å². The van der Waals surface area contributed by atoms with E-state index in [2.05, 4.69) is 52.9 Å². The zero-order valence-corrected chi connectivity index (χ0v) is 19.5. The Morgan fingerprint density at radius 3 is 2.59 bits per heavy atom. The Morgan fingerprint density at radius 2 is 1.81 bits per heavy atom. The molecule has 5 nitrogen and oxygen atoms in total. The van der Waals surface area contributed by atoms with Crippen LogP contribution in [0.4, 0.5) is 5.69 Å². The van der Waals surface area contributed by atoms with E-state index in [1.165, 1.54) is 10.9 Å². The second kappa shape index (κ2) is 8.41. The van der Waals surface area contributed by atoms with Gasteiger partial charge in [-0.1, -0.05) is 44.2 Å². The molecule has 0 fully saturated rings. The van der Waals surface area contributed by atoms with E-state index in [0.29, 0.717) is 23.9 Å². The van der Waals surface area contributed by atoms with Gasteiger partial charge in [0.2, 0.25) is 10.0 Å². The maximum absolute atomic E-state index is 13.4. The second-order valence-electron chi connectivity index (χ2n) is 8.92. The van der Waals surface area contributed by atoms with E-state index in [1.807, 2.05) is 26.0 Å². The van der Waals surface area contributed by atoms with Crippen molar-refractivity contribution >= 4 is 26.6 Å². The molecule has 0 radical (unpaired) electrons. The van der Waals surface area contributed by atoms with E-state index >= 15 is 0 Å². The van der Waals surface area contributed by atoms with Crippen LogP contribution in [-0.4, -0.2) is 30.8 Å². The molecule has 3 aromatic rings. The summed E-state index contributed by atoms with van der Waals surface area (Å²) < 4.78 is 28.4. The van der Waals surface area contributed by atoms with Crippen molar-refractivity contribution < 1.29 is 8.42 Å². The molecule has 1 aliphatic heterocycles. The van der Waals surface area contributed by atoms with E-state index in [9.17, 15) is 8.42 Å². The van der Waals surface area contributed by atoms with Crippen LogP contribution in [0.2, 0.25) is 0 Å². The molecule has 0 bridgehead atoms. The van der Waals surface area contributed by atoms with Crippen molar-refractivity contribution in [2.45, 2.75) is 50.0 Å². The van der Waals surface area contributed by atoms with Gasteiger partial charge in [0.05, 0.1) is 10.9 Å². The Labute approximate surface area is 190 Å². The van der Waals surface area contributed by atoms with Gasteiger partial charge in [-0.15, -0.1) is 0 Å². The van der Waals surface area contributed by atoms with Gasteiger partial charge in [0, 0.05) is 41.8 Å². The van der Waals surface area contributed by atoms with Gasteiger partial charge >= 0.3 is 0 Å². The number of hydrogen-bond acceptors (Lipinski definition) is 3. The second-order valence-corrected chi connectivity index (χ2v) is 10.9. The number of aromatic nitrogens is 1. The minimum absolute atomic E-state index is 0.179. The Morgan fingerprint density at radius 1 is 1.03 bits per heavy atom. The molecule has 0 amide bonds. The Kier molecular flexibility index (Phi) is 5.59. The predicted molar refractivity (Wildman–Crippen MR) is 130 cm³/mol. The number of rotatable bonds is 7. The molecule has 0 saturated heterocycles. The monoisotopic (exact) mass is 449 g/mol. The van der Waals surface area contributed by atoms with Crippen LogP contribution < -0.4 is 5.32 Å². The van der Waals surface area contributed by atoms with Crippen LogP contribution in [-0.2, 0) is 10.0 Å². The molecule has 32 heavy (non-hydrogen) atoms.